The van der Waals surface area contributed by atoms with Crippen molar-refractivity contribution in [1.29, 1.82) is 5.41 Å². The molecule has 2 amide bonds. The molecular formula is C23H24F7N4O4+. The standard InChI is InChI=1S/C23H23F7N4O4/c1-12(14-8-15(22(25,26)27)10-16(9-14)23(28,29)30)38-20-19(13-2-4-17(24)5-3-13)34(36,6-7-37-20)11-18(31)33-21(32)35/h2-5,8-10,12,19-20,36H,6-7,11H2,1H3,(H3-,31,32,33,35)/p+1/t12-,19+,20-,34?/m1/s1. The molecule has 1 fully saturated rings. The van der Waals surface area contributed by atoms with Crippen LogP contribution >= 0.6 is 0 Å². The molecule has 0 spiro atoms. The molecule has 5 N–H and O–H groups in total. The quantitative estimate of drug-likeness (QED) is 0.176. The maximum atomic E-state index is 13.6. The second kappa shape index (κ2) is 10.8. The van der Waals surface area contributed by atoms with E-state index >= 15 is 0 Å². The molecule has 1 aliphatic heterocycles. The number of alkyl halides is 6. The fourth-order valence-corrected chi connectivity index (χ4v) is 4.12. The molecule has 0 saturated carbocycles. The molecule has 3 rings (SSSR count). The number of nitrogens with zero attached hydrogens (tertiary/aromatic N) is 1. The zero-order chi connectivity index (χ0) is 28.5. The van der Waals surface area contributed by atoms with Crippen LogP contribution in [0.2, 0.25) is 0 Å². The number of urea groups is 1. The van der Waals surface area contributed by atoms with Crippen molar-refractivity contribution < 1.29 is 54.9 Å². The van der Waals surface area contributed by atoms with Gasteiger partial charge in [-0.1, -0.05) is 0 Å². The van der Waals surface area contributed by atoms with Crippen LogP contribution in [-0.2, 0) is 21.8 Å². The van der Waals surface area contributed by atoms with Gasteiger partial charge in [-0.2, -0.15) is 31.0 Å². The van der Waals surface area contributed by atoms with Gasteiger partial charge in [-0.3, -0.25) is 10.7 Å². The van der Waals surface area contributed by atoms with E-state index < -0.39 is 76.4 Å². The Bertz CT molecular complexity index is 1140. The number of hydrogen-bond acceptors (Lipinski definition) is 5. The number of primary amides is 1. The number of amides is 2. The largest absolute Gasteiger partial charge is 0.416 e. The van der Waals surface area contributed by atoms with Gasteiger partial charge in [-0.25, -0.2) is 14.4 Å². The van der Waals surface area contributed by atoms with E-state index in [0.717, 1.165) is 12.1 Å². The predicted octanol–water partition coefficient (Wildman–Crippen LogP) is 4.89. The van der Waals surface area contributed by atoms with E-state index in [2.05, 4.69) is 0 Å². The van der Waals surface area contributed by atoms with E-state index in [0.29, 0.717) is 12.1 Å². The van der Waals surface area contributed by atoms with Crippen molar-refractivity contribution in [3.63, 3.8) is 0 Å². The zero-order valence-corrected chi connectivity index (χ0v) is 19.7. The number of morpholine rings is 1. The maximum absolute atomic E-state index is 13.6. The van der Waals surface area contributed by atoms with Crippen molar-refractivity contribution in [3.8, 4) is 0 Å². The summed E-state index contributed by atoms with van der Waals surface area (Å²) < 4.78 is 104. The third-order valence-electron chi connectivity index (χ3n) is 5.87. The van der Waals surface area contributed by atoms with Gasteiger partial charge in [-0.15, -0.1) is 0 Å². The van der Waals surface area contributed by atoms with Gasteiger partial charge in [0.15, 0.2) is 18.4 Å². The molecule has 0 aromatic heterocycles. The minimum atomic E-state index is -5.07. The Hall–Kier alpha value is -3.27. The summed E-state index contributed by atoms with van der Waals surface area (Å²) >= 11 is 0. The molecule has 0 radical (unpaired) electrons. The highest BCUT2D eigenvalue weighted by Crippen LogP contribution is 2.41. The summed E-state index contributed by atoms with van der Waals surface area (Å²) in [4.78, 5) is 11.1. The summed E-state index contributed by atoms with van der Waals surface area (Å²) in [6.07, 6.45) is -13.0. The molecule has 208 valence electrons. The van der Waals surface area contributed by atoms with Crippen LogP contribution in [0.4, 0.5) is 35.5 Å². The monoisotopic (exact) mass is 553 g/mol. The van der Waals surface area contributed by atoms with Crippen LogP contribution in [0.15, 0.2) is 42.5 Å². The first-order valence-electron chi connectivity index (χ1n) is 11.0. The summed E-state index contributed by atoms with van der Waals surface area (Å²) in [7, 11) is 0. The van der Waals surface area contributed by atoms with Gasteiger partial charge >= 0.3 is 18.4 Å². The summed E-state index contributed by atoms with van der Waals surface area (Å²) in [6, 6.07) is 3.36. The number of nitrogens with two attached hydrogens (primary N) is 1. The maximum Gasteiger partial charge on any atom is 0.416 e. The van der Waals surface area contributed by atoms with Gasteiger partial charge in [0.05, 0.1) is 17.2 Å². The van der Waals surface area contributed by atoms with Crippen molar-refractivity contribution in [2.75, 3.05) is 19.7 Å². The highest BCUT2D eigenvalue weighted by atomic mass is 19.4. The van der Waals surface area contributed by atoms with Gasteiger partial charge in [-0.05, 0) is 55.0 Å². The van der Waals surface area contributed by atoms with Crippen molar-refractivity contribution >= 4 is 11.9 Å². The van der Waals surface area contributed by atoms with E-state index in [9.17, 15) is 40.7 Å². The Labute approximate surface area is 211 Å². The molecule has 1 unspecified atom stereocenters. The van der Waals surface area contributed by atoms with Crippen molar-refractivity contribution in [1.82, 2.24) is 5.32 Å². The molecule has 1 aliphatic rings. The van der Waals surface area contributed by atoms with E-state index in [1.54, 1.807) is 0 Å². The first kappa shape index (κ1) is 29.3. The van der Waals surface area contributed by atoms with Crippen LogP contribution in [0.1, 0.15) is 41.3 Å². The SMILES string of the molecule is C[C@@H](O[C@H]1OCC[N+](O)(CC(=N)NC(N)=O)[C@H]1c1ccc(F)cc1)c1cc(C(F)(F)F)cc(C(F)(F)F)c1. The first-order valence-corrected chi connectivity index (χ1v) is 11.0. The van der Waals surface area contributed by atoms with Crippen LogP contribution < -0.4 is 11.1 Å². The Balaban J connectivity index is 2.00. The molecule has 2 aromatic rings. The number of benzene rings is 2. The van der Waals surface area contributed by atoms with E-state index in [-0.39, 0.29) is 24.8 Å². The average Bonchev–Trinajstić information content (AvgIpc) is 2.78. The van der Waals surface area contributed by atoms with E-state index in [4.69, 9.17) is 20.6 Å². The molecule has 38 heavy (non-hydrogen) atoms. The van der Waals surface area contributed by atoms with E-state index in [1.165, 1.54) is 19.1 Å². The molecular weight excluding hydrogens is 529 g/mol. The number of ether oxygens (including phenoxy) is 2. The van der Waals surface area contributed by atoms with Gasteiger partial charge in [0, 0.05) is 5.56 Å². The topological polar surface area (TPSA) is 118 Å². The first-order chi connectivity index (χ1) is 17.5. The molecule has 8 nitrogen and oxygen atoms in total. The van der Waals surface area contributed by atoms with Crippen LogP contribution in [-0.4, -0.2) is 47.7 Å². The smallest absolute Gasteiger partial charge is 0.351 e. The van der Waals surface area contributed by atoms with Gasteiger partial charge in [0.25, 0.3) is 0 Å². The number of quaternary nitrogens is 1. The molecule has 4 atom stereocenters. The number of halogens is 7. The van der Waals surface area contributed by atoms with Gasteiger partial charge in [0.1, 0.15) is 19.0 Å². The van der Waals surface area contributed by atoms with Crippen molar-refractivity contribution in [2.45, 2.75) is 37.7 Å². The normalized spacial score (nSPS) is 23.1. The number of hydroxylamine groups is 3. The lowest BCUT2D eigenvalue weighted by atomic mass is 10.00. The van der Waals surface area contributed by atoms with Crippen LogP contribution in [0, 0.1) is 11.2 Å². The summed E-state index contributed by atoms with van der Waals surface area (Å²) in [5.74, 6) is -1.12. The number of rotatable bonds is 6. The number of nitrogens with one attached hydrogen (secondary N) is 2. The fraction of sp³-hybridized carbons (Fsp3) is 0.391. The average molecular weight is 553 g/mol. The van der Waals surface area contributed by atoms with Crippen molar-refractivity contribution in [2.24, 2.45) is 5.73 Å². The fourth-order valence-electron chi connectivity index (χ4n) is 4.12. The number of carbonyl (C=O) groups is 1. The Morgan fingerprint density at radius 2 is 1.71 bits per heavy atom. The third-order valence-corrected chi connectivity index (χ3v) is 5.87. The highest BCUT2D eigenvalue weighted by molar-refractivity contribution is 5.95. The lowest BCUT2D eigenvalue weighted by molar-refractivity contribution is -1.13. The lowest BCUT2D eigenvalue weighted by Crippen LogP contribution is -2.62. The van der Waals surface area contributed by atoms with Gasteiger partial charge in [0.2, 0.25) is 6.29 Å². The molecule has 0 aliphatic carbocycles. The van der Waals surface area contributed by atoms with Crippen LogP contribution in [0.25, 0.3) is 0 Å². The zero-order valence-electron chi connectivity index (χ0n) is 19.7. The number of carbonyl (C=O) groups excluding carboxylic acids is 1. The minimum absolute atomic E-state index is 0.0123. The summed E-state index contributed by atoms with van der Waals surface area (Å²) in [5.41, 5.74) is 1.71. The highest BCUT2D eigenvalue weighted by Gasteiger charge is 2.49. The Morgan fingerprint density at radius 1 is 1.16 bits per heavy atom. The minimum Gasteiger partial charge on any atom is -0.351 e. The molecule has 15 heteroatoms. The molecule has 2 aromatic carbocycles. The predicted molar refractivity (Wildman–Crippen MR) is 117 cm³/mol. The van der Waals surface area contributed by atoms with Gasteiger partial charge < -0.3 is 15.2 Å². The van der Waals surface area contributed by atoms with Crippen LogP contribution in [0.3, 0.4) is 0 Å². The molecule has 0 bridgehead atoms. The number of amidine groups is 1. The molecule has 1 heterocycles. The Kier molecular flexibility index (Phi) is 8.36. The van der Waals surface area contributed by atoms with E-state index in [1.807, 2.05) is 5.32 Å². The second-order valence-electron chi connectivity index (χ2n) is 8.69. The summed E-state index contributed by atoms with van der Waals surface area (Å²) in [5, 5.41) is 21.4. The van der Waals surface area contributed by atoms with Crippen molar-refractivity contribution in [3.05, 3.63) is 70.5 Å². The molecule has 1 saturated heterocycles. The second-order valence-corrected chi connectivity index (χ2v) is 8.69. The lowest BCUT2D eigenvalue weighted by Gasteiger charge is -2.44. The number of hydrogen-bond donors (Lipinski definition) is 4. The Morgan fingerprint density at radius 3 is 2.21 bits per heavy atom. The third kappa shape index (κ3) is 6.98. The summed E-state index contributed by atoms with van der Waals surface area (Å²) in [6.45, 7) is 0.301. The van der Waals surface area contributed by atoms with Crippen LogP contribution in [0.5, 0.6) is 0 Å².